The van der Waals surface area contributed by atoms with E-state index in [2.05, 4.69) is 20.4 Å². The Balaban J connectivity index is 2.08. The fraction of sp³-hybridized carbons (Fsp3) is 0.800. The van der Waals surface area contributed by atoms with E-state index in [9.17, 15) is 0 Å². The summed E-state index contributed by atoms with van der Waals surface area (Å²) in [6.45, 7) is 9.13. The molecule has 1 saturated carbocycles. The molecule has 0 aliphatic heterocycles. The summed E-state index contributed by atoms with van der Waals surface area (Å²) in [6, 6.07) is 0. The molecule has 0 aromatic heterocycles. The average Bonchev–Trinajstić information content (AvgIpc) is 2.81. The minimum absolute atomic E-state index is 0.522. The predicted molar refractivity (Wildman–Crippen MR) is 47.3 cm³/mol. The van der Waals surface area contributed by atoms with Crippen molar-refractivity contribution in [2.75, 3.05) is 6.61 Å². The molecule has 0 N–H and O–H groups in total. The van der Waals surface area contributed by atoms with Gasteiger partial charge in [0.25, 0.3) is 0 Å². The maximum Gasteiger partial charge on any atom is 0.0916 e. The van der Waals surface area contributed by atoms with Gasteiger partial charge in [-0.15, -0.1) is 0 Å². The van der Waals surface area contributed by atoms with Crippen molar-refractivity contribution >= 4 is 0 Å². The molecular formula is C10H18O. The van der Waals surface area contributed by atoms with Crippen molar-refractivity contribution in [1.29, 1.82) is 0 Å². The number of rotatable bonds is 5. The van der Waals surface area contributed by atoms with Crippen molar-refractivity contribution in [3.8, 4) is 0 Å². The predicted octanol–water partition coefficient (Wildman–Crippen LogP) is 2.97. The Labute approximate surface area is 69.4 Å². The van der Waals surface area contributed by atoms with Gasteiger partial charge in [-0.05, 0) is 25.2 Å². The quantitative estimate of drug-likeness (QED) is 0.553. The summed E-state index contributed by atoms with van der Waals surface area (Å²) >= 11 is 0. The van der Waals surface area contributed by atoms with Crippen molar-refractivity contribution in [2.24, 2.45) is 11.8 Å². The van der Waals surface area contributed by atoms with Crippen molar-refractivity contribution in [2.45, 2.75) is 33.1 Å². The van der Waals surface area contributed by atoms with E-state index >= 15 is 0 Å². The molecule has 1 aliphatic carbocycles. The maximum atomic E-state index is 5.52. The van der Waals surface area contributed by atoms with Crippen LogP contribution in [0.15, 0.2) is 12.3 Å². The van der Waals surface area contributed by atoms with Gasteiger partial charge in [0.1, 0.15) is 0 Å². The molecule has 0 aromatic carbocycles. The first kappa shape index (κ1) is 8.63. The third kappa shape index (κ3) is 2.96. The fourth-order valence-corrected chi connectivity index (χ4v) is 0.879. The number of ether oxygens (including phenoxy) is 1. The molecule has 1 fully saturated rings. The largest absolute Gasteiger partial charge is 0.498 e. The van der Waals surface area contributed by atoms with E-state index in [1.165, 1.54) is 12.8 Å². The van der Waals surface area contributed by atoms with Gasteiger partial charge >= 0.3 is 0 Å². The second-order valence-electron chi connectivity index (χ2n) is 3.53. The van der Waals surface area contributed by atoms with Crippen molar-refractivity contribution in [3.63, 3.8) is 0 Å². The van der Waals surface area contributed by atoms with Gasteiger partial charge in [-0.1, -0.05) is 20.4 Å². The van der Waals surface area contributed by atoms with Crippen LogP contribution in [0.2, 0.25) is 0 Å². The van der Waals surface area contributed by atoms with Crippen LogP contribution in [-0.2, 0) is 4.74 Å². The Kier molecular flexibility index (Phi) is 2.98. The lowest BCUT2D eigenvalue weighted by molar-refractivity contribution is 0.170. The molecule has 0 radical (unpaired) electrons. The number of hydrogen-bond donors (Lipinski definition) is 0. The zero-order chi connectivity index (χ0) is 8.27. The molecular weight excluding hydrogens is 136 g/mol. The SMILES string of the molecule is C=C(OCC1CC1)C(C)CC. The smallest absolute Gasteiger partial charge is 0.0916 e. The Hall–Kier alpha value is -0.460. The molecule has 64 valence electrons. The third-order valence-electron chi connectivity index (χ3n) is 2.36. The van der Waals surface area contributed by atoms with Crippen LogP contribution in [0, 0.1) is 11.8 Å². The van der Waals surface area contributed by atoms with Gasteiger partial charge in [0.05, 0.1) is 12.4 Å². The summed E-state index contributed by atoms with van der Waals surface area (Å²) in [4.78, 5) is 0. The summed E-state index contributed by atoms with van der Waals surface area (Å²) in [6.07, 6.45) is 3.84. The number of allylic oxidation sites excluding steroid dienone is 1. The summed E-state index contributed by atoms with van der Waals surface area (Å²) in [5.74, 6) is 2.34. The maximum absolute atomic E-state index is 5.52. The van der Waals surface area contributed by atoms with Crippen LogP contribution in [-0.4, -0.2) is 6.61 Å². The standard InChI is InChI=1S/C10H18O/c1-4-8(2)9(3)11-7-10-5-6-10/h8,10H,3-7H2,1-2H3. The van der Waals surface area contributed by atoms with Crippen LogP contribution in [0.1, 0.15) is 33.1 Å². The van der Waals surface area contributed by atoms with Crippen LogP contribution in [0.3, 0.4) is 0 Å². The minimum atomic E-state index is 0.522. The van der Waals surface area contributed by atoms with Gasteiger partial charge in [-0.2, -0.15) is 0 Å². The van der Waals surface area contributed by atoms with Gasteiger partial charge in [-0.25, -0.2) is 0 Å². The molecule has 0 spiro atoms. The van der Waals surface area contributed by atoms with Gasteiger partial charge in [0.15, 0.2) is 0 Å². The summed E-state index contributed by atoms with van der Waals surface area (Å²) < 4.78 is 5.52. The highest BCUT2D eigenvalue weighted by molar-refractivity contribution is 4.89. The van der Waals surface area contributed by atoms with Gasteiger partial charge in [-0.3, -0.25) is 0 Å². The second kappa shape index (κ2) is 3.80. The van der Waals surface area contributed by atoms with Gasteiger partial charge in [0, 0.05) is 5.92 Å². The van der Waals surface area contributed by atoms with E-state index in [0.29, 0.717) is 5.92 Å². The van der Waals surface area contributed by atoms with E-state index in [1.807, 2.05) is 0 Å². The first-order chi connectivity index (χ1) is 5.24. The van der Waals surface area contributed by atoms with Crippen molar-refractivity contribution in [1.82, 2.24) is 0 Å². The second-order valence-corrected chi connectivity index (χ2v) is 3.53. The first-order valence-corrected chi connectivity index (χ1v) is 4.55. The lowest BCUT2D eigenvalue weighted by Crippen LogP contribution is -2.03. The van der Waals surface area contributed by atoms with Crippen molar-refractivity contribution in [3.05, 3.63) is 12.3 Å². The Morgan fingerprint density at radius 1 is 1.64 bits per heavy atom. The summed E-state index contributed by atoms with van der Waals surface area (Å²) in [7, 11) is 0. The van der Waals surface area contributed by atoms with Gasteiger partial charge in [0.2, 0.25) is 0 Å². The van der Waals surface area contributed by atoms with Crippen LogP contribution in [0.25, 0.3) is 0 Å². The summed E-state index contributed by atoms with van der Waals surface area (Å²) in [5.41, 5.74) is 0. The Bertz CT molecular complexity index is 136. The Morgan fingerprint density at radius 2 is 2.27 bits per heavy atom. The Morgan fingerprint density at radius 3 is 2.73 bits per heavy atom. The van der Waals surface area contributed by atoms with E-state index in [0.717, 1.165) is 24.7 Å². The lowest BCUT2D eigenvalue weighted by atomic mass is 10.1. The van der Waals surface area contributed by atoms with E-state index < -0.39 is 0 Å². The van der Waals surface area contributed by atoms with Crippen LogP contribution >= 0.6 is 0 Å². The van der Waals surface area contributed by atoms with Crippen LogP contribution < -0.4 is 0 Å². The molecule has 1 heteroatoms. The summed E-state index contributed by atoms with van der Waals surface area (Å²) in [5, 5.41) is 0. The molecule has 1 atom stereocenters. The van der Waals surface area contributed by atoms with Crippen LogP contribution in [0.4, 0.5) is 0 Å². The number of hydrogen-bond acceptors (Lipinski definition) is 1. The monoisotopic (exact) mass is 154 g/mol. The fourth-order valence-electron chi connectivity index (χ4n) is 0.879. The van der Waals surface area contributed by atoms with E-state index in [-0.39, 0.29) is 0 Å². The normalized spacial score (nSPS) is 19.5. The molecule has 0 bridgehead atoms. The topological polar surface area (TPSA) is 9.23 Å². The molecule has 0 amide bonds. The molecule has 1 aliphatic rings. The third-order valence-corrected chi connectivity index (χ3v) is 2.36. The van der Waals surface area contributed by atoms with Crippen molar-refractivity contribution < 1.29 is 4.74 Å². The molecule has 1 unspecified atom stereocenters. The molecule has 0 heterocycles. The lowest BCUT2D eigenvalue weighted by Gasteiger charge is -2.13. The minimum Gasteiger partial charge on any atom is -0.498 e. The molecule has 1 rings (SSSR count). The first-order valence-electron chi connectivity index (χ1n) is 4.55. The zero-order valence-corrected chi connectivity index (χ0v) is 7.60. The average molecular weight is 154 g/mol. The highest BCUT2D eigenvalue weighted by atomic mass is 16.5. The van der Waals surface area contributed by atoms with E-state index in [1.54, 1.807) is 0 Å². The zero-order valence-electron chi connectivity index (χ0n) is 7.60. The van der Waals surface area contributed by atoms with Gasteiger partial charge < -0.3 is 4.74 Å². The molecule has 0 aromatic rings. The highest BCUT2D eigenvalue weighted by Crippen LogP contribution is 2.30. The molecule has 0 saturated heterocycles. The molecule has 1 nitrogen and oxygen atoms in total. The highest BCUT2D eigenvalue weighted by Gasteiger charge is 2.22. The molecule has 11 heavy (non-hydrogen) atoms. The van der Waals surface area contributed by atoms with E-state index in [4.69, 9.17) is 4.74 Å². The van der Waals surface area contributed by atoms with Crippen LogP contribution in [0.5, 0.6) is 0 Å².